The molecular formula is C35H44O7. The minimum absolute atomic E-state index is 0.0415. The van der Waals surface area contributed by atoms with Crippen LogP contribution in [0.3, 0.4) is 0 Å². The van der Waals surface area contributed by atoms with Gasteiger partial charge in [0.1, 0.15) is 23.6 Å². The lowest BCUT2D eigenvalue weighted by molar-refractivity contribution is -0.172. The monoisotopic (exact) mass is 576 g/mol. The molecule has 2 aromatic carbocycles. The van der Waals surface area contributed by atoms with Crippen molar-refractivity contribution in [3.05, 3.63) is 65.7 Å². The van der Waals surface area contributed by atoms with Crippen LogP contribution in [0, 0.1) is 28.6 Å². The Labute approximate surface area is 248 Å². The van der Waals surface area contributed by atoms with Gasteiger partial charge in [-0.2, -0.15) is 0 Å². The summed E-state index contributed by atoms with van der Waals surface area (Å²) in [5.74, 6) is -0.533. The average molecular weight is 577 g/mol. The predicted octanol–water partition coefficient (Wildman–Crippen LogP) is 6.67. The third-order valence-electron chi connectivity index (χ3n) is 10.1. The Bertz CT molecular complexity index is 1310. The molecular weight excluding hydrogens is 532 g/mol. The highest BCUT2D eigenvalue weighted by atomic mass is 16.6. The molecule has 0 radical (unpaired) electrons. The van der Waals surface area contributed by atoms with Crippen molar-refractivity contribution in [1.82, 2.24) is 0 Å². The number of aromatic hydroxyl groups is 1. The molecule has 7 heteroatoms. The summed E-state index contributed by atoms with van der Waals surface area (Å²) in [5.41, 5.74) is -0.679. The molecule has 42 heavy (non-hydrogen) atoms. The van der Waals surface area contributed by atoms with Crippen molar-refractivity contribution < 1.29 is 33.7 Å². The fourth-order valence-electron chi connectivity index (χ4n) is 7.27. The number of ether oxygens (including phenoxy) is 3. The van der Waals surface area contributed by atoms with Gasteiger partial charge < -0.3 is 19.3 Å². The number of hydrogen-bond donors (Lipinski definition) is 1. The Morgan fingerprint density at radius 3 is 2.26 bits per heavy atom. The molecule has 2 bridgehead atoms. The SMILES string of the molecule is CCC(C)(CC(CC(C)(C)C(=O)OC1C2CC3C(=O)OC1C3C2)c1ccc(O)cc1)C(=O)OC(C)(C)c1ccccc1. The lowest BCUT2D eigenvalue weighted by Gasteiger charge is -2.37. The van der Waals surface area contributed by atoms with Crippen LogP contribution in [0.1, 0.15) is 90.7 Å². The van der Waals surface area contributed by atoms with Gasteiger partial charge in [0, 0.05) is 11.8 Å². The maximum atomic E-state index is 13.8. The zero-order valence-electron chi connectivity index (χ0n) is 25.6. The Morgan fingerprint density at radius 2 is 1.62 bits per heavy atom. The fraction of sp³-hybridized carbons (Fsp3) is 0.571. The first-order chi connectivity index (χ1) is 19.7. The molecule has 1 aliphatic heterocycles. The van der Waals surface area contributed by atoms with Crippen LogP contribution < -0.4 is 0 Å². The van der Waals surface area contributed by atoms with Gasteiger partial charge in [0.15, 0.2) is 0 Å². The van der Waals surface area contributed by atoms with Gasteiger partial charge in [0.05, 0.1) is 16.7 Å². The number of fused-ring (bicyclic) bond motifs is 1. The second kappa shape index (κ2) is 11.1. The summed E-state index contributed by atoms with van der Waals surface area (Å²) in [6.45, 7) is 11.4. The third kappa shape index (κ3) is 5.67. The van der Waals surface area contributed by atoms with Crippen LogP contribution in [0.4, 0.5) is 0 Å². The van der Waals surface area contributed by atoms with Crippen LogP contribution in [-0.2, 0) is 34.2 Å². The third-order valence-corrected chi connectivity index (χ3v) is 10.1. The van der Waals surface area contributed by atoms with Gasteiger partial charge in [0.25, 0.3) is 0 Å². The number of rotatable bonds is 11. The predicted molar refractivity (Wildman–Crippen MR) is 157 cm³/mol. The van der Waals surface area contributed by atoms with Crippen molar-refractivity contribution in [2.45, 2.75) is 97.4 Å². The summed E-state index contributed by atoms with van der Waals surface area (Å²) in [5, 5.41) is 9.96. The lowest BCUT2D eigenvalue weighted by Crippen LogP contribution is -2.41. The van der Waals surface area contributed by atoms with E-state index in [1.807, 2.05) is 84.0 Å². The first-order valence-electron chi connectivity index (χ1n) is 15.2. The molecule has 1 N–H and O–H groups in total. The zero-order chi connectivity index (χ0) is 30.4. The quantitative estimate of drug-likeness (QED) is 0.236. The molecule has 0 amide bonds. The maximum absolute atomic E-state index is 13.8. The van der Waals surface area contributed by atoms with E-state index in [2.05, 4.69) is 0 Å². The first kappa shape index (κ1) is 30.1. The molecule has 3 aliphatic rings. The highest BCUT2D eigenvalue weighted by molar-refractivity contribution is 5.79. The molecule has 7 unspecified atom stereocenters. The van der Waals surface area contributed by atoms with Crippen molar-refractivity contribution in [3.63, 3.8) is 0 Å². The first-order valence-corrected chi connectivity index (χ1v) is 15.2. The zero-order valence-corrected chi connectivity index (χ0v) is 25.6. The molecule has 2 saturated carbocycles. The highest BCUT2D eigenvalue weighted by Crippen LogP contribution is 2.56. The van der Waals surface area contributed by atoms with E-state index in [4.69, 9.17) is 14.2 Å². The smallest absolute Gasteiger partial charge is 0.312 e. The number of benzene rings is 2. The van der Waals surface area contributed by atoms with Crippen LogP contribution in [0.5, 0.6) is 5.75 Å². The van der Waals surface area contributed by atoms with E-state index < -0.39 is 22.5 Å². The summed E-state index contributed by atoms with van der Waals surface area (Å²) in [7, 11) is 0. The molecule has 5 rings (SSSR count). The van der Waals surface area contributed by atoms with E-state index in [0.29, 0.717) is 19.3 Å². The lowest BCUT2D eigenvalue weighted by atomic mass is 9.71. The van der Waals surface area contributed by atoms with E-state index in [1.54, 1.807) is 12.1 Å². The van der Waals surface area contributed by atoms with Crippen molar-refractivity contribution in [3.8, 4) is 5.75 Å². The Morgan fingerprint density at radius 1 is 0.952 bits per heavy atom. The molecule has 226 valence electrons. The van der Waals surface area contributed by atoms with Gasteiger partial charge >= 0.3 is 17.9 Å². The van der Waals surface area contributed by atoms with E-state index in [9.17, 15) is 19.5 Å². The van der Waals surface area contributed by atoms with Crippen LogP contribution in [0.2, 0.25) is 0 Å². The molecule has 0 spiro atoms. The molecule has 0 aromatic heterocycles. The standard InChI is InChI=1S/C35H44O7/c1-7-35(6,32(39)42-34(4,5)24-11-9-8-10-12-24)20-23(21-13-15-25(36)16-14-21)19-33(2,3)31(38)41-28-22-17-26-27(18-22)30(37)40-29(26)28/h8-16,22-23,26-29,36H,7,17-20H2,1-6H3. The second-order valence-corrected chi connectivity index (χ2v) is 14.0. The van der Waals surface area contributed by atoms with E-state index in [0.717, 1.165) is 24.0 Å². The number of hydrogen-bond acceptors (Lipinski definition) is 7. The summed E-state index contributed by atoms with van der Waals surface area (Å²) >= 11 is 0. The van der Waals surface area contributed by atoms with Gasteiger partial charge in [-0.15, -0.1) is 0 Å². The van der Waals surface area contributed by atoms with Crippen LogP contribution >= 0.6 is 0 Å². The molecule has 2 aliphatic carbocycles. The molecule has 1 saturated heterocycles. The van der Waals surface area contributed by atoms with E-state index in [-0.39, 0.29) is 53.4 Å². The van der Waals surface area contributed by atoms with E-state index >= 15 is 0 Å². The number of phenolic OH excluding ortho intramolecular Hbond substituents is 1. The Hall–Kier alpha value is -3.35. The highest BCUT2D eigenvalue weighted by Gasteiger charge is 2.63. The van der Waals surface area contributed by atoms with Crippen molar-refractivity contribution in [2.24, 2.45) is 28.6 Å². The largest absolute Gasteiger partial charge is 0.508 e. The molecule has 2 aromatic rings. The van der Waals surface area contributed by atoms with Crippen molar-refractivity contribution in [2.75, 3.05) is 0 Å². The summed E-state index contributed by atoms with van der Waals surface area (Å²) < 4.78 is 17.9. The Kier molecular flexibility index (Phi) is 7.92. The van der Waals surface area contributed by atoms with Crippen molar-refractivity contribution in [1.29, 1.82) is 0 Å². The number of phenols is 1. The Balaban J connectivity index is 1.34. The summed E-state index contributed by atoms with van der Waals surface area (Å²) in [6, 6.07) is 16.7. The van der Waals surface area contributed by atoms with E-state index in [1.165, 1.54) is 0 Å². The van der Waals surface area contributed by atoms with Crippen molar-refractivity contribution >= 4 is 17.9 Å². The van der Waals surface area contributed by atoms with Crippen LogP contribution in [-0.4, -0.2) is 35.2 Å². The maximum Gasteiger partial charge on any atom is 0.312 e. The van der Waals surface area contributed by atoms with Gasteiger partial charge in [-0.1, -0.05) is 49.4 Å². The topological polar surface area (TPSA) is 99.1 Å². The second-order valence-electron chi connectivity index (χ2n) is 14.0. The molecule has 3 fully saturated rings. The van der Waals surface area contributed by atoms with Gasteiger partial charge in [-0.05, 0) is 95.9 Å². The van der Waals surface area contributed by atoms with Gasteiger partial charge in [-0.25, -0.2) is 0 Å². The molecule has 7 atom stereocenters. The minimum Gasteiger partial charge on any atom is -0.508 e. The number of carbonyl (C=O) groups is 3. The fourth-order valence-corrected chi connectivity index (χ4v) is 7.27. The van der Waals surface area contributed by atoms with Gasteiger partial charge in [-0.3, -0.25) is 14.4 Å². The number of carbonyl (C=O) groups excluding carboxylic acids is 3. The molecule has 7 nitrogen and oxygen atoms in total. The summed E-state index contributed by atoms with van der Waals surface area (Å²) in [6.07, 6.45) is 2.29. The van der Waals surface area contributed by atoms with Crippen LogP contribution in [0.15, 0.2) is 54.6 Å². The minimum atomic E-state index is -0.881. The molecule has 1 heterocycles. The number of esters is 3. The summed E-state index contributed by atoms with van der Waals surface area (Å²) in [4.78, 5) is 39.7. The van der Waals surface area contributed by atoms with Gasteiger partial charge in [0.2, 0.25) is 0 Å². The van der Waals surface area contributed by atoms with Crippen LogP contribution in [0.25, 0.3) is 0 Å². The average Bonchev–Trinajstić information content (AvgIpc) is 3.58. The normalized spacial score (nSPS) is 26.8.